The SMILES string of the molecule is Cc1ccc2c(c1)c(Cc1cnccc1C(=O)O)nn2C1CCCC1. The van der Waals surface area contributed by atoms with Crippen LogP contribution in [-0.2, 0) is 6.42 Å². The van der Waals surface area contributed by atoms with Gasteiger partial charge in [-0.2, -0.15) is 5.10 Å². The minimum absolute atomic E-state index is 0.297. The molecule has 2 heterocycles. The van der Waals surface area contributed by atoms with Crippen LogP contribution in [0.4, 0.5) is 0 Å². The van der Waals surface area contributed by atoms with Gasteiger partial charge in [0.15, 0.2) is 0 Å². The van der Waals surface area contributed by atoms with Crippen LogP contribution in [0.2, 0.25) is 0 Å². The van der Waals surface area contributed by atoms with Gasteiger partial charge in [-0.15, -0.1) is 0 Å². The summed E-state index contributed by atoms with van der Waals surface area (Å²) >= 11 is 0. The van der Waals surface area contributed by atoms with E-state index in [1.165, 1.54) is 24.6 Å². The van der Waals surface area contributed by atoms with Gasteiger partial charge in [-0.25, -0.2) is 4.79 Å². The molecule has 5 nitrogen and oxygen atoms in total. The van der Waals surface area contributed by atoms with E-state index in [0.29, 0.717) is 23.6 Å². The molecule has 0 radical (unpaired) electrons. The van der Waals surface area contributed by atoms with E-state index in [1.54, 1.807) is 12.3 Å². The monoisotopic (exact) mass is 335 g/mol. The highest BCUT2D eigenvalue weighted by molar-refractivity contribution is 5.90. The number of hydrogen-bond acceptors (Lipinski definition) is 3. The Hall–Kier alpha value is -2.69. The van der Waals surface area contributed by atoms with E-state index in [-0.39, 0.29) is 0 Å². The molecule has 2 aromatic heterocycles. The highest BCUT2D eigenvalue weighted by Crippen LogP contribution is 2.33. The average molecular weight is 335 g/mol. The Bertz CT molecular complexity index is 939. The largest absolute Gasteiger partial charge is 0.478 e. The van der Waals surface area contributed by atoms with E-state index in [1.807, 2.05) is 0 Å². The van der Waals surface area contributed by atoms with Gasteiger partial charge in [0.1, 0.15) is 0 Å². The van der Waals surface area contributed by atoms with Gasteiger partial charge in [-0.3, -0.25) is 9.67 Å². The minimum Gasteiger partial charge on any atom is -0.478 e. The van der Waals surface area contributed by atoms with E-state index < -0.39 is 5.97 Å². The Labute approximate surface area is 146 Å². The van der Waals surface area contributed by atoms with Crippen LogP contribution in [-0.4, -0.2) is 25.8 Å². The van der Waals surface area contributed by atoms with Gasteiger partial charge in [0.05, 0.1) is 22.8 Å². The van der Waals surface area contributed by atoms with E-state index in [9.17, 15) is 9.90 Å². The lowest BCUT2D eigenvalue weighted by Gasteiger charge is -2.11. The van der Waals surface area contributed by atoms with E-state index in [4.69, 9.17) is 5.10 Å². The lowest BCUT2D eigenvalue weighted by atomic mass is 10.0. The lowest BCUT2D eigenvalue weighted by Crippen LogP contribution is -2.08. The molecular weight excluding hydrogens is 314 g/mol. The number of fused-ring (bicyclic) bond motifs is 1. The first-order chi connectivity index (χ1) is 12.1. The molecule has 0 saturated heterocycles. The summed E-state index contributed by atoms with van der Waals surface area (Å²) < 4.78 is 2.16. The Kier molecular flexibility index (Phi) is 3.99. The Morgan fingerprint density at radius 1 is 1.28 bits per heavy atom. The van der Waals surface area contributed by atoms with E-state index >= 15 is 0 Å². The van der Waals surface area contributed by atoms with Gasteiger partial charge in [-0.05, 0) is 43.5 Å². The fraction of sp³-hybridized carbons (Fsp3) is 0.350. The van der Waals surface area contributed by atoms with Crippen LogP contribution < -0.4 is 0 Å². The quantitative estimate of drug-likeness (QED) is 0.778. The number of benzene rings is 1. The Morgan fingerprint density at radius 3 is 2.84 bits per heavy atom. The van der Waals surface area contributed by atoms with Crippen LogP contribution in [0.25, 0.3) is 10.9 Å². The second-order valence-electron chi connectivity index (χ2n) is 6.86. The number of aromatic carboxylic acids is 1. The van der Waals surface area contributed by atoms with Gasteiger partial charge in [-0.1, -0.05) is 24.5 Å². The van der Waals surface area contributed by atoms with Gasteiger partial charge < -0.3 is 5.11 Å². The Balaban J connectivity index is 1.82. The number of hydrogen-bond donors (Lipinski definition) is 1. The summed E-state index contributed by atoms with van der Waals surface area (Å²) in [4.78, 5) is 15.6. The number of aryl methyl sites for hydroxylation is 1. The first-order valence-electron chi connectivity index (χ1n) is 8.77. The average Bonchev–Trinajstić information content (AvgIpc) is 3.23. The number of nitrogens with zero attached hydrogens (tertiary/aromatic N) is 3. The zero-order valence-electron chi connectivity index (χ0n) is 14.3. The predicted molar refractivity (Wildman–Crippen MR) is 96.0 cm³/mol. The number of rotatable bonds is 4. The molecule has 0 bridgehead atoms. The molecule has 1 N–H and O–H groups in total. The molecule has 1 aromatic carbocycles. The second-order valence-corrected chi connectivity index (χ2v) is 6.86. The number of pyridine rings is 1. The molecule has 25 heavy (non-hydrogen) atoms. The van der Waals surface area contributed by atoms with Crippen molar-refractivity contribution in [3.63, 3.8) is 0 Å². The summed E-state index contributed by atoms with van der Waals surface area (Å²) in [6.45, 7) is 2.07. The third kappa shape index (κ3) is 2.90. The molecule has 4 rings (SSSR count). The highest BCUT2D eigenvalue weighted by Gasteiger charge is 2.22. The maximum absolute atomic E-state index is 11.5. The molecule has 0 amide bonds. The van der Waals surface area contributed by atoms with Crippen molar-refractivity contribution in [1.29, 1.82) is 0 Å². The van der Waals surface area contributed by atoms with Crippen molar-refractivity contribution in [2.24, 2.45) is 0 Å². The van der Waals surface area contributed by atoms with Crippen molar-refractivity contribution < 1.29 is 9.90 Å². The molecule has 1 saturated carbocycles. The summed E-state index contributed by atoms with van der Waals surface area (Å²) in [5, 5.41) is 15.4. The molecule has 3 aromatic rings. The maximum atomic E-state index is 11.5. The van der Waals surface area contributed by atoms with E-state index in [2.05, 4.69) is 34.8 Å². The van der Waals surface area contributed by atoms with Gasteiger partial charge in [0, 0.05) is 24.2 Å². The first-order valence-corrected chi connectivity index (χ1v) is 8.77. The molecule has 1 aliphatic carbocycles. The molecule has 0 spiro atoms. The first kappa shape index (κ1) is 15.8. The number of aromatic nitrogens is 3. The third-order valence-electron chi connectivity index (χ3n) is 5.10. The van der Waals surface area contributed by atoms with Crippen LogP contribution >= 0.6 is 0 Å². The normalized spacial score (nSPS) is 15.1. The smallest absolute Gasteiger partial charge is 0.336 e. The van der Waals surface area contributed by atoms with Crippen molar-refractivity contribution in [3.8, 4) is 0 Å². The summed E-state index contributed by atoms with van der Waals surface area (Å²) in [7, 11) is 0. The highest BCUT2D eigenvalue weighted by atomic mass is 16.4. The van der Waals surface area contributed by atoms with Crippen LogP contribution in [0.5, 0.6) is 0 Å². The van der Waals surface area contributed by atoms with Gasteiger partial charge in [0.25, 0.3) is 0 Å². The van der Waals surface area contributed by atoms with Crippen LogP contribution in [0.1, 0.15) is 58.9 Å². The molecule has 1 aliphatic rings. The van der Waals surface area contributed by atoms with Crippen LogP contribution in [0.15, 0.2) is 36.7 Å². The van der Waals surface area contributed by atoms with Crippen LogP contribution in [0.3, 0.4) is 0 Å². The topological polar surface area (TPSA) is 68.0 Å². The fourth-order valence-electron chi connectivity index (χ4n) is 3.83. The summed E-state index contributed by atoms with van der Waals surface area (Å²) in [5.74, 6) is -0.923. The summed E-state index contributed by atoms with van der Waals surface area (Å²) in [6, 6.07) is 8.41. The van der Waals surface area contributed by atoms with Crippen molar-refractivity contribution in [2.45, 2.75) is 45.1 Å². The molecule has 128 valence electrons. The molecule has 0 unspecified atom stereocenters. The maximum Gasteiger partial charge on any atom is 0.336 e. The molecule has 1 fully saturated rings. The molecule has 5 heteroatoms. The molecule has 0 atom stereocenters. The zero-order chi connectivity index (χ0) is 17.4. The number of carboxylic acids is 1. The van der Waals surface area contributed by atoms with Crippen LogP contribution in [0, 0.1) is 6.92 Å². The minimum atomic E-state index is -0.923. The molecule has 0 aliphatic heterocycles. The van der Waals surface area contributed by atoms with Crippen molar-refractivity contribution in [3.05, 3.63) is 59.0 Å². The third-order valence-corrected chi connectivity index (χ3v) is 5.10. The van der Waals surface area contributed by atoms with Gasteiger partial charge >= 0.3 is 5.97 Å². The summed E-state index contributed by atoms with van der Waals surface area (Å²) in [6.07, 6.45) is 8.47. The molecular formula is C20H21N3O2. The fourth-order valence-corrected chi connectivity index (χ4v) is 3.83. The summed E-state index contributed by atoms with van der Waals surface area (Å²) in [5.41, 5.74) is 4.26. The predicted octanol–water partition coefficient (Wildman–Crippen LogP) is 4.14. The Morgan fingerprint density at radius 2 is 2.08 bits per heavy atom. The van der Waals surface area contributed by atoms with E-state index in [0.717, 1.165) is 29.4 Å². The number of carboxylic acid groups (broad SMARTS) is 1. The zero-order valence-corrected chi connectivity index (χ0v) is 14.3. The van der Waals surface area contributed by atoms with Crippen molar-refractivity contribution in [1.82, 2.24) is 14.8 Å². The number of carbonyl (C=O) groups is 1. The van der Waals surface area contributed by atoms with Crippen molar-refractivity contribution in [2.75, 3.05) is 0 Å². The van der Waals surface area contributed by atoms with Crippen molar-refractivity contribution >= 4 is 16.9 Å². The standard InChI is InChI=1S/C20H21N3O2/c1-13-6-7-19-17(10-13)18(22-23(19)15-4-2-3-5-15)11-14-12-21-9-8-16(14)20(24)25/h6-10,12,15H,2-5,11H2,1H3,(H,24,25). The second kappa shape index (κ2) is 6.31. The van der Waals surface area contributed by atoms with Gasteiger partial charge in [0.2, 0.25) is 0 Å². The lowest BCUT2D eigenvalue weighted by molar-refractivity contribution is 0.0695.